The Labute approximate surface area is 280 Å². The average Bonchev–Trinajstić information content (AvgIpc) is 3.67. The van der Waals surface area contributed by atoms with Crippen LogP contribution in [0.15, 0.2) is 178 Å². The van der Waals surface area contributed by atoms with E-state index < -0.39 is 21.5 Å². The first-order valence-corrected chi connectivity index (χ1v) is 17.2. The lowest BCUT2D eigenvalue weighted by molar-refractivity contribution is 0.474. The number of fused-ring (bicyclic) bond motifs is 1. The maximum Gasteiger partial charge on any atom is 0.285 e. The monoisotopic (exact) mass is 645 g/mol. The SMILES string of the molecule is Cc1ccc(S(=O)(=O)N=C2OC(c3ccccc3)=CC23C(c2ccccc2)C(c2cccc4ccccc24)=NN3c2ccccc2)cc1. The molecule has 0 radical (unpaired) electrons. The van der Waals surface area contributed by atoms with Crippen LogP contribution in [0.2, 0.25) is 0 Å². The number of hydrogen-bond acceptors (Lipinski definition) is 5. The third-order valence-electron chi connectivity index (χ3n) is 8.95. The Hall–Kier alpha value is -5.79. The molecule has 48 heavy (non-hydrogen) atoms. The number of nitrogens with zero attached hydrogens (tertiary/aromatic N) is 3. The summed E-state index contributed by atoms with van der Waals surface area (Å²) in [6, 6.07) is 50.7. The Morgan fingerprint density at radius 1 is 0.708 bits per heavy atom. The van der Waals surface area contributed by atoms with Crippen LogP contribution in [0.3, 0.4) is 0 Å². The van der Waals surface area contributed by atoms with Gasteiger partial charge in [0.05, 0.1) is 22.2 Å². The zero-order chi connectivity index (χ0) is 32.7. The van der Waals surface area contributed by atoms with Crippen LogP contribution in [0.4, 0.5) is 5.69 Å². The minimum atomic E-state index is -4.21. The Morgan fingerprint density at radius 2 is 1.33 bits per heavy atom. The van der Waals surface area contributed by atoms with E-state index in [0.717, 1.165) is 44.4 Å². The van der Waals surface area contributed by atoms with Crippen LogP contribution in [0.25, 0.3) is 16.5 Å². The highest BCUT2D eigenvalue weighted by atomic mass is 32.2. The zero-order valence-corrected chi connectivity index (χ0v) is 27.0. The van der Waals surface area contributed by atoms with Gasteiger partial charge < -0.3 is 4.74 Å². The third-order valence-corrected chi connectivity index (χ3v) is 10.2. The summed E-state index contributed by atoms with van der Waals surface area (Å²) in [4.78, 5) is 0.0863. The topological polar surface area (TPSA) is 71.3 Å². The van der Waals surface area contributed by atoms with E-state index in [9.17, 15) is 8.42 Å². The van der Waals surface area contributed by atoms with Gasteiger partial charge in [-0.25, -0.2) is 5.01 Å². The van der Waals surface area contributed by atoms with Crippen LogP contribution in [0, 0.1) is 6.92 Å². The molecule has 0 aliphatic carbocycles. The van der Waals surface area contributed by atoms with Crippen molar-refractivity contribution in [1.29, 1.82) is 0 Å². The first kappa shape index (κ1) is 29.6. The van der Waals surface area contributed by atoms with Crippen molar-refractivity contribution in [1.82, 2.24) is 0 Å². The van der Waals surface area contributed by atoms with E-state index >= 15 is 0 Å². The summed E-state index contributed by atoms with van der Waals surface area (Å²) in [7, 11) is -4.21. The second kappa shape index (κ2) is 11.8. The number of anilines is 1. The standard InChI is InChI=1S/C41H31N3O3S/c1-29-24-26-34(27-25-29)48(45,46)43-40-41(28-37(47-40)31-15-5-2-6-16-31)38(32-17-7-3-8-18-32)39(42-44(41)33-20-9-4-10-21-33)36-23-13-19-30-14-11-12-22-35(30)36/h2-28,38H,1H3. The van der Waals surface area contributed by atoms with Gasteiger partial charge in [-0.05, 0) is 53.6 Å². The molecule has 6 aromatic rings. The fraction of sp³-hybridized carbons (Fsp3) is 0.0732. The predicted molar refractivity (Wildman–Crippen MR) is 193 cm³/mol. The van der Waals surface area contributed by atoms with Crippen LogP contribution in [-0.2, 0) is 14.8 Å². The molecule has 8 rings (SSSR count). The molecule has 6 nitrogen and oxygen atoms in total. The number of hydrazone groups is 1. The number of hydrogen-bond donors (Lipinski definition) is 0. The van der Waals surface area contributed by atoms with Gasteiger partial charge in [0.2, 0.25) is 5.90 Å². The number of benzene rings is 6. The lowest BCUT2D eigenvalue weighted by atomic mass is 9.74. The van der Waals surface area contributed by atoms with Crippen LogP contribution in [0.5, 0.6) is 0 Å². The van der Waals surface area contributed by atoms with Crippen LogP contribution in [0.1, 0.15) is 28.2 Å². The number of ether oxygens (including phenoxy) is 1. The highest BCUT2D eigenvalue weighted by molar-refractivity contribution is 7.90. The van der Waals surface area contributed by atoms with Crippen LogP contribution >= 0.6 is 0 Å². The highest BCUT2D eigenvalue weighted by Gasteiger charge is 2.60. The van der Waals surface area contributed by atoms with Gasteiger partial charge in [0, 0.05) is 11.1 Å². The summed E-state index contributed by atoms with van der Waals surface area (Å²) in [5.41, 5.74) is 3.89. The summed E-state index contributed by atoms with van der Waals surface area (Å²) in [5, 5.41) is 9.43. The van der Waals surface area contributed by atoms with Crippen molar-refractivity contribution in [3.8, 4) is 0 Å². The van der Waals surface area contributed by atoms with Gasteiger partial charge in [-0.2, -0.15) is 13.5 Å². The molecular formula is C41H31N3O3S. The molecule has 2 heterocycles. The Morgan fingerprint density at radius 3 is 2.06 bits per heavy atom. The maximum atomic E-state index is 14.1. The number of aryl methyl sites for hydroxylation is 1. The van der Waals surface area contributed by atoms with Crippen LogP contribution in [-0.4, -0.2) is 25.6 Å². The molecule has 0 N–H and O–H groups in total. The largest absolute Gasteiger partial charge is 0.439 e. The molecule has 0 amide bonds. The molecule has 234 valence electrons. The van der Waals surface area contributed by atoms with Crippen molar-refractivity contribution in [2.45, 2.75) is 23.3 Å². The lowest BCUT2D eigenvalue weighted by Gasteiger charge is -2.36. The molecule has 6 aromatic carbocycles. The molecule has 0 saturated heterocycles. The smallest absolute Gasteiger partial charge is 0.285 e. The van der Waals surface area contributed by atoms with Gasteiger partial charge >= 0.3 is 0 Å². The second-order valence-corrected chi connectivity index (χ2v) is 13.6. The zero-order valence-electron chi connectivity index (χ0n) is 26.1. The van der Waals surface area contributed by atoms with Gasteiger partial charge in [0.15, 0.2) is 5.54 Å². The lowest BCUT2D eigenvalue weighted by Crippen LogP contribution is -2.51. The molecule has 2 unspecified atom stereocenters. The summed E-state index contributed by atoms with van der Waals surface area (Å²) >= 11 is 0. The van der Waals surface area contributed by atoms with Crippen molar-refractivity contribution in [3.63, 3.8) is 0 Å². The normalized spacial score (nSPS) is 19.8. The van der Waals surface area contributed by atoms with E-state index in [1.807, 2.05) is 115 Å². The minimum absolute atomic E-state index is 0.0265. The molecule has 0 aromatic heterocycles. The first-order chi connectivity index (χ1) is 23.4. The highest BCUT2D eigenvalue weighted by Crippen LogP contribution is 2.52. The van der Waals surface area contributed by atoms with Gasteiger partial charge in [-0.3, -0.25) is 0 Å². The molecule has 1 spiro atoms. The fourth-order valence-corrected chi connectivity index (χ4v) is 7.67. The van der Waals surface area contributed by atoms with E-state index in [0.29, 0.717) is 5.76 Å². The average molecular weight is 646 g/mol. The van der Waals surface area contributed by atoms with Crippen molar-refractivity contribution in [3.05, 3.63) is 186 Å². The molecule has 7 heteroatoms. The summed E-state index contributed by atoms with van der Waals surface area (Å²) in [6.45, 7) is 1.92. The van der Waals surface area contributed by atoms with Crippen LogP contribution < -0.4 is 5.01 Å². The summed E-state index contributed by atoms with van der Waals surface area (Å²) < 4.78 is 39.5. The Kier molecular flexibility index (Phi) is 7.26. The van der Waals surface area contributed by atoms with Gasteiger partial charge in [0.1, 0.15) is 5.76 Å². The molecular weight excluding hydrogens is 615 g/mol. The van der Waals surface area contributed by atoms with E-state index in [1.165, 1.54) is 0 Å². The molecule has 0 saturated carbocycles. The third kappa shape index (κ3) is 5.00. The van der Waals surface area contributed by atoms with Crippen molar-refractivity contribution >= 4 is 43.9 Å². The second-order valence-electron chi connectivity index (χ2n) is 12.0. The van der Waals surface area contributed by atoms with Crippen molar-refractivity contribution in [2.24, 2.45) is 9.50 Å². The first-order valence-electron chi connectivity index (χ1n) is 15.8. The quantitative estimate of drug-likeness (QED) is 0.182. The number of rotatable bonds is 6. The summed E-state index contributed by atoms with van der Waals surface area (Å²) in [5.74, 6) is 0.0150. The predicted octanol–water partition coefficient (Wildman–Crippen LogP) is 8.75. The molecule has 2 aliphatic heterocycles. The van der Waals surface area contributed by atoms with E-state index in [4.69, 9.17) is 9.84 Å². The van der Waals surface area contributed by atoms with Gasteiger partial charge in [0.25, 0.3) is 10.0 Å². The Balaban J connectivity index is 1.46. The molecule has 0 bridgehead atoms. The van der Waals surface area contributed by atoms with E-state index in [2.05, 4.69) is 40.8 Å². The van der Waals surface area contributed by atoms with Gasteiger partial charge in [-0.15, -0.1) is 4.40 Å². The number of sulfonamides is 1. The van der Waals surface area contributed by atoms with E-state index in [-0.39, 0.29) is 10.8 Å². The van der Waals surface area contributed by atoms with E-state index in [1.54, 1.807) is 24.3 Å². The molecule has 2 atom stereocenters. The molecule has 2 aliphatic rings. The molecule has 0 fully saturated rings. The van der Waals surface area contributed by atoms with Gasteiger partial charge in [-0.1, -0.05) is 139 Å². The maximum absolute atomic E-state index is 14.1. The summed E-state index contributed by atoms with van der Waals surface area (Å²) in [6.07, 6.45) is 2.00. The fourth-order valence-electron chi connectivity index (χ4n) is 6.68. The minimum Gasteiger partial charge on any atom is -0.439 e. The van der Waals surface area contributed by atoms with Crippen molar-refractivity contribution in [2.75, 3.05) is 5.01 Å². The Bertz CT molecular complexity index is 2330. The number of para-hydroxylation sites is 1. The van der Waals surface area contributed by atoms with Crippen molar-refractivity contribution < 1.29 is 13.2 Å².